The van der Waals surface area contributed by atoms with Gasteiger partial charge in [-0.1, -0.05) is 0 Å². The van der Waals surface area contributed by atoms with Crippen molar-refractivity contribution in [3.63, 3.8) is 0 Å². The third-order valence-corrected chi connectivity index (χ3v) is 3.14. The second-order valence-electron chi connectivity index (χ2n) is 3.96. The van der Waals surface area contributed by atoms with Gasteiger partial charge in [-0.05, 0) is 19.4 Å². The summed E-state index contributed by atoms with van der Waals surface area (Å²) in [6.45, 7) is 1.08. The number of alkyl halides is 2. The highest BCUT2D eigenvalue weighted by Gasteiger charge is 2.70. The van der Waals surface area contributed by atoms with E-state index < -0.39 is 17.8 Å². The first-order valence-electron chi connectivity index (χ1n) is 4.78. The average Bonchev–Trinajstić information content (AvgIpc) is 2.56. The van der Waals surface area contributed by atoms with E-state index >= 15 is 0 Å². The molecular formula is C9H15F2NO. The summed E-state index contributed by atoms with van der Waals surface area (Å²) in [5.74, 6) is -3.51. The maximum Gasteiger partial charge on any atom is 0.258 e. The fraction of sp³-hybridized carbons (Fsp3) is 1.00. The minimum absolute atomic E-state index is 0.0233. The van der Waals surface area contributed by atoms with E-state index in [1.54, 1.807) is 0 Å². The predicted molar refractivity (Wildman–Crippen MR) is 44.8 cm³/mol. The van der Waals surface area contributed by atoms with Crippen LogP contribution in [0.5, 0.6) is 0 Å². The van der Waals surface area contributed by atoms with Gasteiger partial charge in [0.05, 0.1) is 12.5 Å². The fourth-order valence-corrected chi connectivity index (χ4v) is 2.38. The summed E-state index contributed by atoms with van der Waals surface area (Å²) in [5.41, 5.74) is 0. The molecule has 76 valence electrons. The normalized spacial score (nSPS) is 42.2. The lowest BCUT2D eigenvalue weighted by atomic mass is 10.1. The maximum atomic E-state index is 13.2. The SMILES string of the molecule is COCC1C(C2CCCN2)C1(F)F. The predicted octanol–water partition coefficient (Wildman–Crippen LogP) is 1.27. The van der Waals surface area contributed by atoms with Crippen LogP contribution in [0.25, 0.3) is 0 Å². The molecule has 0 amide bonds. The lowest BCUT2D eigenvalue weighted by Gasteiger charge is -2.07. The Bertz CT molecular complexity index is 192. The Morgan fingerprint density at radius 1 is 1.54 bits per heavy atom. The van der Waals surface area contributed by atoms with Gasteiger partial charge in [-0.2, -0.15) is 0 Å². The Kier molecular flexibility index (Phi) is 2.28. The first-order valence-corrected chi connectivity index (χ1v) is 4.78. The van der Waals surface area contributed by atoms with Crippen molar-refractivity contribution < 1.29 is 13.5 Å². The standard InChI is InChI=1S/C9H15F2NO/c1-13-5-6-8(9(6,10)11)7-3-2-4-12-7/h6-8,12H,2-5H2,1H3. The lowest BCUT2D eigenvalue weighted by molar-refractivity contribution is 0.0609. The third-order valence-electron chi connectivity index (χ3n) is 3.14. The molecule has 1 N–H and O–H groups in total. The third kappa shape index (κ3) is 1.46. The molecule has 13 heavy (non-hydrogen) atoms. The van der Waals surface area contributed by atoms with Gasteiger partial charge in [0.15, 0.2) is 0 Å². The van der Waals surface area contributed by atoms with Gasteiger partial charge in [-0.15, -0.1) is 0 Å². The van der Waals surface area contributed by atoms with Crippen LogP contribution in [0.15, 0.2) is 0 Å². The minimum Gasteiger partial charge on any atom is -0.384 e. The van der Waals surface area contributed by atoms with Gasteiger partial charge in [0.2, 0.25) is 0 Å². The average molecular weight is 191 g/mol. The van der Waals surface area contributed by atoms with Crippen molar-refractivity contribution in [2.75, 3.05) is 20.3 Å². The first-order chi connectivity index (χ1) is 6.18. The molecule has 4 heteroatoms. The van der Waals surface area contributed by atoms with E-state index in [4.69, 9.17) is 4.74 Å². The minimum atomic E-state index is -2.49. The number of hydrogen-bond donors (Lipinski definition) is 1. The monoisotopic (exact) mass is 191 g/mol. The van der Waals surface area contributed by atoms with Crippen LogP contribution in [0, 0.1) is 11.8 Å². The number of rotatable bonds is 3. The molecule has 3 atom stereocenters. The van der Waals surface area contributed by atoms with Crippen molar-refractivity contribution in [2.24, 2.45) is 11.8 Å². The molecule has 1 aliphatic carbocycles. The molecule has 2 rings (SSSR count). The quantitative estimate of drug-likeness (QED) is 0.725. The van der Waals surface area contributed by atoms with E-state index in [0.717, 1.165) is 19.4 Å². The molecule has 1 heterocycles. The highest BCUT2D eigenvalue weighted by molar-refractivity contribution is 5.11. The number of ether oxygens (including phenoxy) is 1. The smallest absolute Gasteiger partial charge is 0.258 e. The number of nitrogens with one attached hydrogen (secondary N) is 1. The summed E-state index contributed by atoms with van der Waals surface area (Å²) < 4.78 is 31.1. The number of methoxy groups -OCH3 is 1. The summed E-state index contributed by atoms with van der Waals surface area (Å²) >= 11 is 0. The highest BCUT2D eigenvalue weighted by atomic mass is 19.3. The Hall–Kier alpha value is -0.220. The molecule has 0 spiro atoms. The van der Waals surface area contributed by atoms with Crippen molar-refractivity contribution >= 4 is 0 Å². The number of halogens is 2. The molecule has 2 fully saturated rings. The molecule has 2 nitrogen and oxygen atoms in total. The molecule has 0 radical (unpaired) electrons. The molecule has 1 saturated heterocycles. The van der Waals surface area contributed by atoms with Gasteiger partial charge in [-0.3, -0.25) is 0 Å². The van der Waals surface area contributed by atoms with Crippen molar-refractivity contribution in [2.45, 2.75) is 24.8 Å². The summed E-state index contributed by atoms with van der Waals surface area (Å²) in [5, 5.41) is 3.13. The molecular weight excluding hydrogens is 176 g/mol. The van der Waals surface area contributed by atoms with E-state index in [0.29, 0.717) is 0 Å². The van der Waals surface area contributed by atoms with Crippen LogP contribution in [0.3, 0.4) is 0 Å². The zero-order chi connectivity index (χ0) is 9.47. The highest BCUT2D eigenvalue weighted by Crippen LogP contribution is 2.58. The molecule has 0 aromatic rings. The molecule has 1 aliphatic heterocycles. The van der Waals surface area contributed by atoms with Crippen LogP contribution in [-0.2, 0) is 4.74 Å². The molecule has 0 bridgehead atoms. The number of hydrogen-bond acceptors (Lipinski definition) is 2. The molecule has 3 unspecified atom stereocenters. The van der Waals surface area contributed by atoms with E-state index in [1.165, 1.54) is 7.11 Å². The second kappa shape index (κ2) is 3.17. The summed E-state index contributed by atoms with van der Waals surface area (Å²) in [6, 6.07) is 0.0233. The maximum absolute atomic E-state index is 13.2. The zero-order valence-corrected chi connectivity index (χ0v) is 7.72. The van der Waals surface area contributed by atoms with E-state index in [1.807, 2.05) is 0 Å². The topological polar surface area (TPSA) is 21.3 Å². The Morgan fingerprint density at radius 2 is 2.31 bits per heavy atom. The van der Waals surface area contributed by atoms with Crippen LogP contribution in [-0.4, -0.2) is 32.2 Å². The Labute approximate surface area is 76.6 Å². The van der Waals surface area contributed by atoms with E-state index in [9.17, 15) is 8.78 Å². The van der Waals surface area contributed by atoms with Gasteiger partial charge >= 0.3 is 0 Å². The second-order valence-corrected chi connectivity index (χ2v) is 3.96. The lowest BCUT2D eigenvalue weighted by Crippen LogP contribution is -2.26. The van der Waals surface area contributed by atoms with Crippen LogP contribution in [0.4, 0.5) is 8.78 Å². The van der Waals surface area contributed by atoms with Crippen molar-refractivity contribution in [3.05, 3.63) is 0 Å². The van der Waals surface area contributed by atoms with Gasteiger partial charge in [0.25, 0.3) is 5.92 Å². The van der Waals surface area contributed by atoms with Gasteiger partial charge < -0.3 is 10.1 Å². The van der Waals surface area contributed by atoms with Crippen LogP contribution < -0.4 is 5.32 Å². The molecule has 2 aliphatic rings. The first kappa shape index (κ1) is 9.34. The Morgan fingerprint density at radius 3 is 2.85 bits per heavy atom. The zero-order valence-electron chi connectivity index (χ0n) is 7.72. The van der Waals surface area contributed by atoms with Crippen LogP contribution >= 0.6 is 0 Å². The van der Waals surface area contributed by atoms with Gasteiger partial charge in [-0.25, -0.2) is 8.78 Å². The van der Waals surface area contributed by atoms with E-state index in [2.05, 4.69) is 5.32 Å². The molecule has 0 aromatic heterocycles. The van der Waals surface area contributed by atoms with Crippen molar-refractivity contribution in [1.82, 2.24) is 5.32 Å². The van der Waals surface area contributed by atoms with Gasteiger partial charge in [0.1, 0.15) is 0 Å². The summed E-state index contributed by atoms with van der Waals surface area (Å²) in [4.78, 5) is 0. The van der Waals surface area contributed by atoms with Gasteiger partial charge in [0, 0.05) is 19.1 Å². The van der Waals surface area contributed by atoms with E-state index in [-0.39, 0.29) is 12.6 Å². The summed E-state index contributed by atoms with van der Waals surface area (Å²) in [7, 11) is 1.48. The molecule has 0 aromatic carbocycles. The Balaban J connectivity index is 1.93. The fourth-order valence-electron chi connectivity index (χ4n) is 2.38. The van der Waals surface area contributed by atoms with Crippen LogP contribution in [0.1, 0.15) is 12.8 Å². The van der Waals surface area contributed by atoms with Crippen LogP contribution in [0.2, 0.25) is 0 Å². The molecule has 1 saturated carbocycles. The van der Waals surface area contributed by atoms with Crippen molar-refractivity contribution in [1.29, 1.82) is 0 Å². The summed E-state index contributed by atoms with van der Waals surface area (Å²) in [6.07, 6.45) is 1.91. The van der Waals surface area contributed by atoms with Crippen molar-refractivity contribution in [3.8, 4) is 0 Å². The largest absolute Gasteiger partial charge is 0.384 e.